The van der Waals surface area contributed by atoms with Crippen molar-refractivity contribution in [2.24, 2.45) is 0 Å². The molecule has 1 N–H and O–H groups in total. The lowest BCUT2D eigenvalue weighted by molar-refractivity contribution is 0.562. The predicted octanol–water partition coefficient (Wildman–Crippen LogP) is 5.64. The van der Waals surface area contributed by atoms with E-state index in [1.54, 1.807) is 0 Å². The Labute approximate surface area is 110 Å². The minimum Gasteiger partial charge on any atom is -0.870 e. The van der Waals surface area contributed by atoms with Gasteiger partial charge in [-0.05, 0) is 12.8 Å². The van der Waals surface area contributed by atoms with Gasteiger partial charge in [0.05, 0.1) is 6.16 Å². The number of hydrogen-bond acceptors (Lipinski definition) is 1. The highest BCUT2D eigenvalue weighted by molar-refractivity contribution is 7.73. The Kier molecular flexibility index (Phi) is 14.9. The summed E-state index contributed by atoms with van der Waals surface area (Å²) >= 11 is 0. The van der Waals surface area contributed by atoms with Crippen molar-refractivity contribution in [3.63, 3.8) is 0 Å². The third-order valence-electron chi connectivity index (χ3n) is 3.18. The molecule has 2 heteroatoms. The summed E-state index contributed by atoms with van der Waals surface area (Å²) in [4.78, 5) is 0. The van der Waals surface area contributed by atoms with E-state index in [9.17, 15) is 0 Å². The quantitative estimate of drug-likeness (QED) is 0.350. The summed E-state index contributed by atoms with van der Waals surface area (Å²) in [6.07, 6.45) is 16.1. The van der Waals surface area contributed by atoms with E-state index in [2.05, 4.69) is 26.9 Å². The first kappa shape index (κ1) is 19.7. The van der Waals surface area contributed by atoms with Crippen LogP contribution in [0.4, 0.5) is 0 Å². The number of hydrogen-bond donors (Lipinski definition) is 0. The second-order valence-corrected chi connectivity index (χ2v) is 11.2. The fourth-order valence-corrected chi connectivity index (χ4v) is 3.25. The molecule has 0 unspecified atom stereocenters. The van der Waals surface area contributed by atoms with E-state index in [0.29, 0.717) is 0 Å². The Morgan fingerprint density at radius 1 is 0.588 bits per heavy atom. The van der Waals surface area contributed by atoms with Gasteiger partial charge in [-0.3, -0.25) is 0 Å². The molecule has 0 spiro atoms. The third-order valence-corrected chi connectivity index (χ3v) is 4.84. The van der Waals surface area contributed by atoms with Gasteiger partial charge in [0.2, 0.25) is 0 Å². The molecular weight excluding hydrogens is 227 g/mol. The molecule has 0 aliphatic rings. The molecule has 0 saturated carbocycles. The van der Waals surface area contributed by atoms with Crippen LogP contribution in [0.5, 0.6) is 0 Å². The van der Waals surface area contributed by atoms with Crippen LogP contribution in [0.3, 0.4) is 0 Å². The van der Waals surface area contributed by atoms with E-state index in [1.807, 2.05) is 0 Å². The molecule has 0 amide bonds. The van der Waals surface area contributed by atoms with Gasteiger partial charge in [-0.15, -0.1) is 0 Å². The SMILES string of the molecule is CCCCCCCCCCCC[P+](C)(C)C.[OH-]. The average molecular weight is 262 g/mol. The lowest BCUT2D eigenvalue weighted by atomic mass is 10.1. The maximum absolute atomic E-state index is 2.46. The normalized spacial score (nSPS) is 11.3. The van der Waals surface area contributed by atoms with Crippen molar-refractivity contribution in [2.75, 3.05) is 26.2 Å². The molecule has 0 aromatic heterocycles. The number of unbranched alkanes of at least 4 members (excludes halogenated alkanes) is 9. The van der Waals surface area contributed by atoms with Crippen molar-refractivity contribution in [3.8, 4) is 0 Å². The van der Waals surface area contributed by atoms with Crippen molar-refractivity contribution in [1.82, 2.24) is 0 Å². The van der Waals surface area contributed by atoms with Crippen molar-refractivity contribution in [2.45, 2.75) is 71.1 Å². The van der Waals surface area contributed by atoms with Crippen LogP contribution < -0.4 is 0 Å². The molecule has 1 nitrogen and oxygen atoms in total. The van der Waals surface area contributed by atoms with Gasteiger partial charge in [0.15, 0.2) is 0 Å². The van der Waals surface area contributed by atoms with Gasteiger partial charge in [-0.1, -0.05) is 58.3 Å². The van der Waals surface area contributed by atoms with E-state index < -0.39 is 7.26 Å². The fourth-order valence-electron chi connectivity index (χ4n) is 2.07. The zero-order valence-corrected chi connectivity index (χ0v) is 13.6. The first-order valence-electron chi connectivity index (χ1n) is 7.36. The predicted molar refractivity (Wildman–Crippen MR) is 83.3 cm³/mol. The van der Waals surface area contributed by atoms with Crippen LogP contribution in [0.15, 0.2) is 0 Å². The smallest absolute Gasteiger partial charge is 0.0586 e. The van der Waals surface area contributed by atoms with Gasteiger partial charge >= 0.3 is 0 Å². The van der Waals surface area contributed by atoms with E-state index in [1.165, 1.54) is 70.4 Å². The zero-order valence-electron chi connectivity index (χ0n) is 12.7. The first-order chi connectivity index (χ1) is 7.56. The van der Waals surface area contributed by atoms with Crippen LogP contribution in [0.25, 0.3) is 0 Å². The Morgan fingerprint density at radius 2 is 0.941 bits per heavy atom. The summed E-state index contributed by atoms with van der Waals surface area (Å²) in [7, 11) is -0.490. The van der Waals surface area contributed by atoms with Crippen molar-refractivity contribution >= 4 is 7.26 Å². The van der Waals surface area contributed by atoms with E-state index in [0.717, 1.165) is 0 Å². The van der Waals surface area contributed by atoms with Crippen LogP contribution in [0.1, 0.15) is 71.1 Å². The molecule has 0 rings (SSSR count). The molecule has 17 heavy (non-hydrogen) atoms. The Bertz CT molecular complexity index is 140. The Balaban J connectivity index is 0. The van der Waals surface area contributed by atoms with Crippen LogP contribution in [-0.4, -0.2) is 31.6 Å². The highest BCUT2D eigenvalue weighted by atomic mass is 31.2. The summed E-state index contributed by atoms with van der Waals surface area (Å²) in [5, 5.41) is 0. The summed E-state index contributed by atoms with van der Waals surface area (Å²) in [5.41, 5.74) is 0. The molecule has 0 aliphatic carbocycles. The summed E-state index contributed by atoms with van der Waals surface area (Å²) in [6, 6.07) is 0. The Hall–Kier alpha value is 0.390. The Morgan fingerprint density at radius 3 is 1.29 bits per heavy atom. The second-order valence-electron chi connectivity index (χ2n) is 6.20. The summed E-state index contributed by atoms with van der Waals surface area (Å²) < 4.78 is 0. The molecule has 0 bridgehead atoms. The van der Waals surface area contributed by atoms with Crippen molar-refractivity contribution < 1.29 is 5.48 Å². The van der Waals surface area contributed by atoms with Gasteiger partial charge in [-0.25, -0.2) is 0 Å². The van der Waals surface area contributed by atoms with Gasteiger partial charge in [0, 0.05) is 27.3 Å². The molecule has 0 atom stereocenters. The van der Waals surface area contributed by atoms with Crippen LogP contribution in [0.2, 0.25) is 0 Å². The minimum atomic E-state index is -0.490. The molecular formula is C15H35OP. The molecule has 0 radical (unpaired) electrons. The highest BCUT2D eigenvalue weighted by Crippen LogP contribution is 2.47. The van der Waals surface area contributed by atoms with E-state index >= 15 is 0 Å². The first-order valence-corrected chi connectivity index (χ1v) is 10.7. The highest BCUT2D eigenvalue weighted by Gasteiger charge is 2.15. The van der Waals surface area contributed by atoms with Crippen molar-refractivity contribution in [3.05, 3.63) is 0 Å². The van der Waals surface area contributed by atoms with Gasteiger partial charge in [0.25, 0.3) is 0 Å². The third kappa shape index (κ3) is 18.9. The maximum Gasteiger partial charge on any atom is 0.0586 e. The van der Waals surface area contributed by atoms with Gasteiger partial charge in [0.1, 0.15) is 0 Å². The molecule has 0 saturated heterocycles. The summed E-state index contributed by atoms with van der Waals surface area (Å²) in [5.74, 6) is 0. The lowest BCUT2D eigenvalue weighted by Gasteiger charge is -2.10. The number of rotatable bonds is 11. The van der Waals surface area contributed by atoms with E-state index in [4.69, 9.17) is 0 Å². The van der Waals surface area contributed by atoms with Crippen molar-refractivity contribution in [1.29, 1.82) is 0 Å². The molecule has 0 aliphatic heterocycles. The molecule has 106 valence electrons. The summed E-state index contributed by atoms with van der Waals surface area (Å²) in [6.45, 7) is 9.67. The maximum atomic E-state index is 2.46. The second kappa shape index (κ2) is 12.8. The standard InChI is InChI=1S/C15H34P.H2O/c1-5-6-7-8-9-10-11-12-13-14-15-16(2,3)4;/h5-15H2,1-4H3;1H2/q+1;/p-1. The van der Waals surface area contributed by atoms with E-state index in [-0.39, 0.29) is 5.48 Å². The minimum absolute atomic E-state index is 0. The van der Waals surface area contributed by atoms with Crippen LogP contribution >= 0.6 is 7.26 Å². The monoisotopic (exact) mass is 262 g/mol. The van der Waals surface area contributed by atoms with Crippen LogP contribution in [0, 0.1) is 0 Å². The average Bonchev–Trinajstić information content (AvgIpc) is 2.19. The fraction of sp³-hybridized carbons (Fsp3) is 1.00. The molecule has 0 aromatic rings. The zero-order chi connectivity index (χ0) is 12.3. The topological polar surface area (TPSA) is 30.0 Å². The molecule has 0 heterocycles. The van der Waals surface area contributed by atoms with Gasteiger partial charge in [-0.2, -0.15) is 0 Å². The largest absolute Gasteiger partial charge is 0.870 e. The molecule has 0 aromatic carbocycles. The lowest BCUT2D eigenvalue weighted by Crippen LogP contribution is -1.92. The molecule has 0 fully saturated rings. The van der Waals surface area contributed by atoms with Gasteiger partial charge < -0.3 is 5.48 Å². The van der Waals surface area contributed by atoms with Crippen LogP contribution in [-0.2, 0) is 0 Å².